The molecule has 0 aromatic heterocycles. The predicted molar refractivity (Wildman–Crippen MR) is 134 cm³/mol. The van der Waals surface area contributed by atoms with Crippen LogP contribution in [0.5, 0.6) is 0 Å². The van der Waals surface area contributed by atoms with E-state index in [0.29, 0.717) is 0 Å². The van der Waals surface area contributed by atoms with Gasteiger partial charge in [0.25, 0.3) is 0 Å². The molecular weight excluding hydrogens is 485 g/mol. The molecule has 0 aliphatic rings. The lowest BCUT2D eigenvalue weighted by molar-refractivity contribution is -0.132. The van der Waals surface area contributed by atoms with Crippen molar-refractivity contribution in [3.05, 3.63) is 35.9 Å². The lowest BCUT2D eigenvalue weighted by Gasteiger charge is -2.26. The van der Waals surface area contributed by atoms with Crippen molar-refractivity contribution >= 4 is 36.8 Å². The number of primary amides is 1. The molecule has 1 aromatic rings. The molecule has 0 spiro atoms. The minimum atomic E-state index is -1.95. The summed E-state index contributed by atoms with van der Waals surface area (Å²) < 4.78 is 4.57. The molecule has 0 heterocycles. The smallest absolute Gasteiger partial charge is 0.453 e. The Hall–Kier alpha value is -3.65. The molecule has 37 heavy (non-hydrogen) atoms. The third kappa shape index (κ3) is 11.3. The van der Waals surface area contributed by atoms with Crippen LogP contribution in [0, 0.1) is 5.92 Å². The SMILES string of the molecule is COC(=O)NC(C(=O)NC(Cc1ccccc1)C(=O)NC(C)C(=O)NC(CCC(N)=O)B(O)O)C(C)C. The van der Waals surface area contributed by atoms with Crippen molar-refractivity contribution in [1.82, 2.24) is 21.3 Å². The zero-order valence-electron chi connectivity index (χ0n) is 21.4. The number of carbonyl (C=O) groups is 5. The molecule has 13 nitrogen and oxygen atoms in total. The highest BCUT2D eigenvalue weighted by Gasteiger charge is 2.32. The summed E-state index contributed by atoms with van der Waals surface area (Å²) in [6, 6.07) is 5.63. The van der Waals surface area contributed by atoms with Gasteiger partial charge >= 0.3 is 13.2 Å². The summed E-state index contributed by atoms with van der Waals surface area (Å²) in [7, 11) is -0.789. The van der Waals surface area contributed by atoms with Crippen LogP contribution in [-0.4, -0.2) is 78.1 Å². The van der Waals surface area contributed by atoms with E-state index in [1.807, 2.05) is 0 Å². The maximum atomic E-state index is 13.1. The van der Waals surface area contributed by atoms with Crippen molar-refractivity contribution in [2.24, 2.45) is 11.7 Å². The van der Waals surface area contributed by atoms with Crippen LogP contribution in [-0.2, 0) is 30.3 Å². The molecule has 0 bridgehead atoms. The molecule has 0 aliphatic heterocycles. The van der Waals surface area contributed by atoms with Crippen molar-refractivity contribution in [1.29, 1.82) is 0 Å². The van der Waals surface area contributed by atoms with Crippen LogP contribution in [0.15, 0.2) is 30.3 Å². The van der Waals surface area contributed by atoms with E-state index >= 15 is 0 Å². The van der Waals surface area contributed by atoms with Gasteiger partial charge in [-0.3, -0.25) is 19.2 Å². The molecule has 4 atom stereocenters. The van der Waals surface area contributed by atoms with E-state index in [4.69, 9.17) is 5.73 Å². The molecule has 1 aromatic carbocycles. The Kier molecular flexibility index (Phi) is 13.1. The van der Waals surface area contributed by atoms with Gasteiger partial charge in [-0.15, -0.1) is 0 Å². The van der Waals surface area contributed by atoms with E-state index in [2.05, 4.69) is 26.0 Å². The van der Waals surface area contributed by atoms with Crippen LogP contribution in [0.1, 0.15) is 39.2 Å². The van der Waals surface area contributed by atoms with Gasteiger partial charge < -0.3 is 41.8 Å². The van der Waals surface area contributed by atoms with E-state index < -0.39 is 60.9 Å². The number of benzene rings is 1. The lowest BCUT2D eigenvalue weighted by Crippen LogP contribution is -2.58. The van der Waals surface area contributed by atoms with E-state index in [1.165, 1.54) is 6.92 Å². The second-order valence-electron chi connectivity index (χ2n) is 8.87. The molecule has 1 rings (SSSR count). The average Bonchev–Trinajstić information content (AvgIpc) is 2.84. The van der Waals surface area contributed by atoms with E-state index in [0.717, 1.165) is 12.7 Å². The summed E-state index contributed by atoms with van der Waals surface area (Å²) in [6.07, 6.45) is -1.02. The van der Waals surface area contributed by atoms with Gasteiger partial charge in [-0.25, -0.2) is 4.79 Å². The Bertz CT molecular complexity index is 931. The molecule has 4 unspecified atom stereocenters. The van der Waals surface area contributed by atoms with E-state index in [-0.39, 0.29) is 25.2 Å². The Balaban J connectivity index is 2.99. The first-order valence-electron chi connectivity index (χ1n) is 11.8. The Morgan fingerprint density at radius 1 is 0.919 bits per heavy atom. The fourth-order valence-electron chi connectivity index (χ4n) is 3.32. The topological polar surface area (TPSA) is 209 Å². The standard InChI is InChI=1S/C23H36BN5O8/c1-13(2)19(29-23(34)37-4)22(33)27-16(12-15-8-6-5-7-9-15)21(32)26-14(3)20(31)28-17(24(35)36)10-11-18(25)30/h5-9,13-14,16-17,19,35-36H,10-12H2,1-4H3,(H2,25,30)(H,26,32)(H,27,33)(H,28,31)(H,29,34). The van der Waals surface area contributed by atoms with Crippen LogP contribution < -0.4 is 27.0 Å². The number of hydrogen-bond acceptors (Lipinski definition) is 8. The third-order valence-electron chi connectivity index (χ3n) is 5.46. The van der Waals surface area contributed by atoms with Crippen LogP contribution >= 0.6 is 0 Å². The molecule has 0 aliphatic carbocycles. The highest BCUT2D eigenvalue weighted by atomic mass is 16.5. The summed E-state index contributed by atoms with van der Waals surface area (Å²) >= 11 is 0. The van der Waals surface area contributed by atoms with Gasteiger partial charge in [0, 0.05) is 12.8 Å². The van der Waals surface area contributed by atoms with Gasteiger partial charge in [0.2, 0.25) is 23.6 Å². The maximum absolute atomic E-state index is 13.1. The minimum Gasteiger partial charge on any atom is -0.453 e. The number of rotatable bonds is 14. The summed E-state index contributed by atoms with van der Waals surface area (Å²) in [4.78, 5) is 61.4. The molecule has 0 radical (unpaired) electrons. The molecule has 14 heteroatoms. The zero-order chi connectivity index (χ0) is 28.1. The van der Waals surface area contributed by atoms with Gasteiger partial charge in [-0.2, -0.15) is 0 Å². The largest absolute Gasteiger partial charge is 0.475 e. The number of ether oxygens (including phenoxy) is 1. The summed E-state index contributed by atoms with van der Waals surface area (Å²) in [5.41, 5.74) is 5.80. The fourth-order valence-corrected chi connectivity index (χ4v) is 3.32. The van der Waals surface area contributed by atoms with Crippen LogP contribution in [0.4, 0.5) is 4.79 Å². The van der Waals surface area contributed by atoms with Crippen molar-refractivity contribution in [2.75, 3.05) is 7.11 Å². The number of nitrogens with two attached hydrogens (primary N) is 1. The summed E-state index contributed by atoms with van der Waals surface area (Å²) in [5, 5.41) is 28.9. The molecule has 8 N–H and O–H groups in total. The van der Waals surface area contributed by atoms with Gasteiger partial charge in [-0.1, -0.05) is 44.2 Å². The van der Waals surface area contributed by atoms with Crippen molar-refractivity contribution in [3.8, 4) is 0 Å². The molecular formula is C23H36BN5O8. The number of nitrogens with one attached hydrogen (secondary N) is 4. The Morgan fingerprint density at radius 2 is 1.54 bits per heavy atom. The lowest BCUT2D eigenvalue weighted by atomic mass is 9.76. The summed E-state index contributed by atoms with van der Waals surface area (Å²) in [5.74, 6) is -4.24. The van der Waals surface area contributed by atoms with Gasteiger partial charge in [0.05, 0.1) is 13.1 Å². The first-order valence-corrected chi connectivity index (χ1v) is 11.8. The molecule has 0 saturated heterocycles. The second kappa shape index (κ2) is 15.5. The monoisotopic (exact) mass is 521 g/mol. The Morgan fingerprint density at radius 3 is 2.05 bits per heavy atom. The first kappa shape index (κ1) is 31.4. The number of hydrogen-bond donors (Lipinski definition) is 7. The molecule has 5 amide bonds. The van der Waals surface area contributed by atoms with Gasteiger partial charge in [0.15, 0.2) is 0 Å². The fraction of sp³-hybridized carbons (Fsp3) is 0.522. The number of alkyl carbamates (subject to hydrolysis) is 1. The van der Waals surface area contributed by atoms with Crippen LogP contribution in [0.3, 0.4) is 0 Å². The van der Waals surface area contributed by atoms with Gasteiger partial charge in [0.1, 0.15) is 18.1 Å². The third-order valence-corrected chi connectivity index (χ3v) is 5.46. The first-order chi connectivity index (χ1) is 17.3. The normalized spacial score (nSPS) is 13.9. The Labute approximate surface area is 216 Å². The molecule has 204 valence electrons. The number of carbonyl (C=O) groups excluding carboxylic acids is 5. The predicted octanol–water partition coefficient (Wildman–Crippen LogP) is -1.64. The molecule has 0 saturated carbocycles. The molecule has 0 fully saturated rings. The minimum absolute atomic E-state index is 0.0897. The maximum Gasteiger partial charge on any atom is 0.475 e. The highest BCUT2D eigenvalue weighted by Crippen LogP contribution is 2.08. The van der Waals surface area contributed by atoms with Crippen molar-refractivity contribution < 1.29 is 38.8 Å². The average molecular weight is 521 g/mol. The second-order valence-corrected chi connectivity index (χ2v) is 8.87. The van der Waals surface area contributed by atoms with Crippen LogP contribution in [0.2, 0.25) is 0 Å². The van der Waals surface area contributed by atoms with Crippen LogP contribution in [0.25, 0.3) is 0 Å². The zero-order valence-corrected chi connectivity index (χ0v) is 21.4. The number of amides is 5. The van der Waals surface area contributed by atoms with E-state index in [9.17, 15) is 34.0 Å². The van der Waals surface area contributed by atoms with Gasteiger partial charge in [-0.05, 0) is 24.8 Å². The van der Waals surface area contributed by atoms with Crippen molar-refractivity contribution in [2.45, 2.75) is 64.1 Å². The van der Waals surface area contributed by atoms with Crippen molar-refractivity contribution in [3.63, 3.8) is 0 Å². The number of methoxy groups -OCH3 is 1. The van der Waals surface area contributed by atoms with E-state index in [1.54, 1.807) is 44.2 Å². The highest BCUT2D eigenvalue weighted by molar-refractivity contribution is 6.43. The quantitative estimate of drug-likeness (QED) is 0.141. The summed E-state index contributed by atoms with van der Waals surface area (Å²) in [6.45, 7) is 4.80.